The molecule has 1 heterocycles. The molecule has 0 aliphatic carbocycles. The van der Waals surface area contributed by atoms with Crippen LogP contribution in [0.3, 0.4) is 0 Å². The molecule has 3 rings (SSSR count). The molecule has 0 fully saturated rings. The molecule has 0 unspecified atom stereocenters. The second kappa shape index (κ2) is 8.53. The van der Waals surface area contributed by atoms with Gasteiger partial charge in [0.05, 0.1) is 5.71 Å². The molecule has 2 aromatic carbocycles. The third-order valence-corrected chi connectivity index (χ3v) is 4.86. The van der Waals surface area contributed by atoms with Gasteiger partial charge in [-0.3, -0.25) is 0 Å². The lowest BCUT2D eigenvalue weighted by molar-refractivity contribution is 0.846. The predicted octanol–water partition coefficient (Wildman–Crippen LogP) is 3.82. The number of nitrogens with zero attached hydrogens (tertiary/aromatic N) is 4. The van der Waals surface area contributed by atoms with E-state index in [1.807, 2.05) is 30.3 Å². The van der Waals surface area contributed by atoms with Gasteiger partial charge in [0, 0.05) is 5.75 Å². The Kier molecular flexibility index (Phi) is 5.91. The van der Waals surface area contributed by atoms with Crippen molar-refractivity contribution in [1.29, 1.82) is 0 Å². The summed E-state index contributed by atoms with van der Waals surface area (Å²) < 4.78 is 1.43. The zero-order valence-corrected chi connectivity index (χ0v) is 15.7. The van der Waals surface area contributed by atoms with Gasteiger partial charge in [0.1, 0.15) is 0 Å². The summed E-state index contributed by atoms with van der Waals surface area (Å²) in [7, 11) is 0. The van der Waals surface area contributed by atoms with E-state index in [-0.39, 0.29) is 0 Å². The largest absolute Gasteiger partial charge is 0.334 e. The highest BCUT2D eigenvalue weighted by atomic mass is 32.2. The minimum Gasteiger partial charge on any atom is -0.334 e. The van der Waals surface area contributed by atoms with Crippen LogP contribution < -0.4 is 11.3 Å². The number of hydrazone groups is 1. The fourth-order valence-corrected chi connectivity index (χ4v) is 3.30. The summed E-state index contributed by atoms with van der Waals surface area (Å²) in [6.45, 7) is 4.14. The highest BCUT2D eigenvalue weighted by Gasteiger charge is 2.10. The maximum atomic E-state index is 6.10. The number of rotatable bonds is 7. The van der Waals surface area contributed by atoms with Crippen LogP contribution in [0.15, 0.2) is 64.9 Å². The van der Waals surface area contributed by atoms with Crippen LogP contribution >= 0.6 is 11.8 Å². The molecule has 0 bridgehead atoms. The zero-order chi connectivity index (χ0) is 18.4. The summed E-state index contributed by atoms with van der Waals surface area (Å²) in [5.74, 6) is 7.30. The lowest BCUT2D eigenvalue weighted by Gasteiger charge is -2.06. The molecule has 1 aromatic heterocycles. The van der Waals surface area contributed by atoms with Crippen LogP contribution in [-0.4, -0.2) is 20.6 Å². The van der Waals surface area contributed by atoms with Crippen LogP contribution in [0, 0.1) is 6.92 Å². The first-order valence-electron chi connectivity index (χ1n) is 8.44. The van der Waals surface area contributed by atoms with Crippen LogP contribution in [0.1, 0.15) is 30.0 Å². The van der Waals surface area contributed by atoms with E-state index in [0.717, 1.165) is 23.4 Å². The van der Waals surface area contributed by atoms with Crippen molar-refractivity contribution in [2.24, 2.45) is 5.10 Å². The zero-order valence-electron chi connectivity index (χ0n) is 14.9. The third-order valence-electron chi connectivity index (χ3n) is 3.85. The number of hydrogen-bond acceptors (Lipinski definition) is 6. The van der Waals surface area contributed by atoms with Crippen molar-refractivity contribution in [2.75, 3.05) is 11.3 Å². The van der Waals surface area contributed by atoms with E-state index in [4.69, 9.17) is 5.84 Å². The van der Waals surface area contributed by atoms with Crippen LogP contribution in [-0.2, 0) is 5.75 Å². The van der Waals surface area contributed by atoms with Gasteiger partial charge in [-0.05, 0) is 24.5 Å². The summed E-state index contributed by atoms with van der Waals surface area (Å²) in [5.41, 5.74) is 7.39. The Labute approximate surface area is 157 Å². The number of anilines is 1. The molecule has 7 heteroatoms. The minimum atomic E-state index is 0.415. The number of hydrogen-bond donors (Lipinski definition) is 2. The Hall–Kier alpha value is -2.80. The molecule has 0 saturated heterocycles. The van der Waals surface area contributed by atoms with E-state index in [0.29, 0.717) is 11.1 Å². The van der Waals surface area contributed by atoms with Gasteiger partial charge in [0.25, 0.3) is 5.95 Å². The minimum absolute atomic E-state index is 0.415. The number of benzene rings is 2. The molecule has 0 spiro atoms. The average molecular weight is 366 g/mol. The normalized spacial score (nSPS) is 11.5. The maximum absolute atomic E-state index is 6.10. The van der Waals surface area contributed by atoms with Gasteiger partial charge in [-0.1, -0.05) is 78.8 Å². The number of aryl methyl sites for hydroxylation is 1. The van der Waals surface area contributed by atoms with Crippen LogP contribution in [0.4, 0.5) is 5.95 Å². The summed E-state index contributed by atoms with van der Waals surface area (Å²) in [5, 5.41) is 13.3. The quantitative estimate of drug-likeness (QED) is 0.287. The molecule has 0 atom stereocenters. The van der Waals surface area contributed by atoms with Crippen LogP contribution in [0.2, 0.25) is 0 Å². The fraction of sp³-hybridized carbons (Fsp3) is 0.211. The number of aromatic nitrogens is 3. The van der Waals surface area contributed by atoms with E-state index >= 15 is 0 Å². The van der Waals surface area contributed by atoms with E-state index in [9.17, 15) is 0 Å². The standard InChI is InChI=1S/C19H22N6S/c1-3-17(16-10-5-4-6-11-16)21-22-18-23-24-19(25(18)20)26-13-15-9-7-8-14(2)12-15/h4-12H,3,13,20H2,1-2H3,(H,22,23)/b21-17+. The molecule has 0 aliphatic heterocycles. The van der Waals surface area contributed by atoms with Crippen molar-refractivity contribution < 1.29 is 0 Å². The Morgan fingerprint density at radius 2 is 1.96 bits per heavy atom. The van der Waals surface area contributed by atoms with Gasteiger partial charge in [0.15, 0.2) is 0 Å². The highest BCUT2D eigenvalue weighted by Crippen LogP contribution is 2.22. The lowest BCUT2D eigenvalue weighted by Crippen LogP contribution is -2.14. The molecule has 134 valence electrons. The summed E-state index contributed by atoms with van der Waals surface area (Å²) in [6.07, 6.45) is 0.796. The monoisotopic (exact) mass is 366 g/mol. The summed E-state index contributed by atoms with van der Waals surface area (Å²) >= 11 is 1.54. The summed E-state index contributed by atoms with van der Waals surface area (Å²) in [6, 6.07) is 18.4. The Balaban J connectivity index is 1.67. The molecular formula is C19H22N6S. The number of nitrogens with two attached hydrogens (primary N) is 1. The maximum Gasteiger partial charge on any atom is 0.264 e. The third kappa shape index (κ3) is 4.43. The number of nitrogen functional groups attached to an aromatic ring is 1. The van der Waals surface area contributed by atoms with Gasteiger partial charge >= 0.3 is 0 Å². The van der Waals surface area contributed by atoms with Crippen molar-refractivity contribution >= 4 is 23.4 Å². The molecule has 3 aromatic rings. The molecule has 0 aliphatic rings. The molecular weight excluding hydrogens is 344 g/mol. The van der Waals surface area contributed by atoms with Crippen molar-refractivity contribution in [3.63, 3.8) is 0 Å². The average Bonchev–Trinajstić information content (AvgIpc) is 3.01. The van der Waals surface area contributed by atoms with Gasteiger partial charge < -0.3 is 5.84 Å². The molecule has 0 saturated carbocycles. The first-order valence-corrected chi connectivity index (χ1v) is 9.42. The topological polar surface area (TPSA) is 81.1 Å². The molecule has 0 amide bonds. The number of thioether (sulfide) groups is 1. The predicted molar refractivity (Wildman–Crippen MR) is 108 cm³/mol. The van der Waals surface area contributed by atoms with Gasteiger partial charge in [-0.25, -0.2) is 10.1 Å². The molecule has 3 N–H and O–H groups in total. The molecule has 6 nitrogen and oxygen atoms in total. The Morgan fingerprint density at radius 3 is 2.69 bits per heavy atom. The van der Waals surface area contributed by atoms with Crippen molar-refractivity contribution in [2.45, 2.75) is 31.2 Å². The first-order chi connectivity index (χ1) is 12.7. The Morgan fingerprint density at radius 1 is 1.15 bits per heavy atom. The van der Waals surface area contributed by atoms with E-state index in [1.54, 1.807) is 11.8 Å². The number of nitrogens with one attached hydrogen (secondary N) is 1. The van der Waals surface area contributed by atoms with Gasteiger partial charge in [-0.2, -0.15) is 5.10 Å². The smallest absolute Gasteiger partial charge is 0.264 e. The second-order valence-electron chi connectivity index (χ2n) is 5.84. The van der Waals surface area contributed by atoms with E-state index in [1.165, 1.54) is 15.8 Å². The summed E-state index contributed by atoms with van der Waals surface area (Å²) in [4.78, 5) is 0. The fourth-order valence-electron chi connectivity index (χ4n) is 2.50. The SMILES string of the molecule is CC/C(=N\Nc1nnc(SCc2cccc(C)c2)n1N)c1ccccc1. The Bertz CT molecular complexity index is 888. The van der Waals surface area contributed by atoms with Crippen LogP contribution in [0.25, 0.3) is 0 Å². The molecule has 26 heavy (non-hydrogen) atoms. The van der Waals surface area contributed by atoms with E-state index in [2.05, 4.69) is 58.8 Å². The highest BCUT2D eigenvalue weighted by molar-refractivity contribution is 7.98. The van der Waals surface area contributed by atoms with Crippen LogP contribution in [0.5, 0.6) is 0 Å². The second-order valence-corrected chi connectivity index (χ2v) is 6.79. The van der Waals surface area contributed by atoms with Crippen molar-refractivity contribution in [3.8, 4) is 0 Å². The molecule has 0 radical (unpaired) electrons. The van der Waals surface area contributed by atoms with E-state index < -0.39 is 0 Å². The van der Waals surface area contributed by atoms with Crippen molar-refractivity contribution in [3.05, 3.63) is 71.3 Å². The van der Waals surface area contributed by atoms with Gasteiger partial charge in [0.2, 0.25) is 5.16 Å². The van der Waals surface area contributed by atoms with Crippen molar-refractivity contribution in [1.82, 2.24) is 14.9 Å². The lowest BCUT2D eigenvalue weighted by atomic mass is 10.1. The van der Waals surface area contributed by atoms with Gasteiger partial charge in [-0.15, -0.1) is 10.2 Å². The first kappa shape index (κ1) is 18.0.